The molecule has 5 heteroatoms. The van der Waals surface area contributed by atoms with E-state index in [1.165, 1.54) is 12.8 Å². The van der Waals surface area contributed by atoms with Gasteiger partial charge in [0, 0.05) is 13.1 Å². The molecule has 1 atom stereocenters. The highest BCUT2D eigenvalue weighted by atomic mass is 16.3. The fourth-order valence-corrected chi connectivity index (χ4v) is 2.01. The maximum atomic E-state index is 11.2. The van der Waals surface area contributed by atoms with E-state index in [1.807, 2.05) is 0 Å². The minimum Gasteiger partial charge on any atom is -0.390 e. The van der Waals surface area contributed by atoms with Crippen molar-refractivity contribution in [3.8, 4) is 12.3 Å². The zero-order valence-electron chi connectivity index (χ0n) is 11.0. The van der Waals surface area contributed by atoms with Crippen LogP contribution in [0.2, 0.25) is 0 Å². The van der Waals surface area contributed by atoms with Gasteiger partial charge in [-0.15, -0.1) is 6.42 Å². The van der Waals surface area contributed by atoms with E-state index in [4.69, 9.17) is 6.42 Å². The fourth-order valence-electron chi connectivity index (χ4n) is 2.01. The van der Waals surface area contributed by atoms with Gasteiger partial charge in [0.2, 0.25) is 0 Å². The van der Waals surface area contributed by atoms with E-state index in [-0.39, 0.29) is 19.1 Å². The van der Waals surface area contributed by atoms with Crippen molar-refractivity contribution in [2.75, 3.05) is 32.7 Å². The van der Waals surface area contributed by atoms with Crippen molar-refractivity contribution in [1.82, 2.24) is 15.5 Å². The van der Waals surface area contributed by atoms with Crippen LogP contribution in [0.5, 0.6) is 0 Å². The summed E-state index contributed by atoms with van der Waals surface area (Å²) in [6.07, 6.45) is 6.85. The summed E-state index contributed by atoms with van der Waals surface area (Å²) < 4.78 is 0. The fraction of sp³-hybridized carbons (Fsp3) is 0.769. The molecule has 0 aromatic carbocycles. The Morgan fingerprint density at radius 3 is 2.78 bits per heavy atom. The van der Waals surface area contributed by atoms with Gasteiger partial charge in [-0.05, 0) is 31.8 Å². The van der Waals surface area contributed by atoms with Gasteiger partial charge in [-0.3, -0.25) is 0 Å². The molecule has 0 saturated carbocycles. The summed E-state index contributed by atoms with van der Waals surface area (Å²) >= 11 is 0. The molecule has 0 aliphatic carbocycles. The van der Waals surface area contributed by atoms with Gasteiger partial charge in [-0.2, -0.15) is 0 Å². The zero-order valence-corrected chi connectivity index (χ0v) is 11.0. The second-order valence-electron chi connectivity index (χ2n) is 4.90. The second kappa shape index (κ2) is 7.96. The number of nitrogens with zero attached hydrogens (tertiary/aromatic N) is 1. The third-order valence-electron chi connectivity index (χ3n) is 3.19. The second-order valence-corrected chi connectivity index (χ2v) is 4.90. The van der Waals surface area contributed by atoms with Crippen LogP contribution in [0.4, 0.5) is 4.79 Å². The Bertz CT molecular complexity index is 293. The minimum absolute atomic E-state index is 0.200. The van der Waals surface area contributed by atoms with Crippen LogP contribution in [0.1, 0.15) is 19.8 Å². The number of nitrogens with one attached hydrogen (secondary N) is 2. The predicted molar refractivity (Wildman–Crippen MR) is 71.1 cm³/mol. The Labute approximate surface area is 109 Å². The van der Waals surface area contributed by atoms with Gasteiger partial charge in [-0.25, -0.2) is 4.79 Å². The molecule has 1 rings (SSSR count). The molecule has 1 aliphatic rings. The van der Waals surface area contributed by atoms with Gasteiger partial charge < -0.3 is 20.6 Å². The molecule has 1 fully saturated rings. The summed E-state index contributed by atoms with van der Waals surface area (Å²) in [6, 6.07) is -0.334. The molecule has 1 aliphatic heterocycles. The number of aliphatic hydroxyl groups excluding tert-OH is 1. The van der Waals surface area contributed by atoms with Crippen LogP contribution < -0.4 is 10.6 Å². The number of aliphatic hydroxyl groups is 1. The van der Waals surface area contributed by atoms with Crippen molar-refractivity contribution in [3.63, 3.8) is 0 Å². The van der Waals surface area contributed by atoms with Crippen LogP contribution in [-0.4, -0.2) is 54.9 Å². The van der Waals surface area contributed by atoms with Crippen molar-refractivity contribution < 1.29 is 9.90 Å². The third kappa shape index (κ3) is 5.89. The molecule has 0 unspecified atom stereocenters. The van der Waals surface area contributed by atoms with Crippen LogP contribution in [-0.2, 0) is 0 Å². The number of carbonyl (C=O) groups excluding carboxylic acids is 1. The van der Waals surface area contributed by atoms with Crippen molar-refractivity contribution in [1.29, 1.82) is 0 Å². The first kappa shape index (κ1) is 14.8. The van der Waals surface area contributed by atoms with Crippen molar-refractivity contribution in [3.05, 3.63) is 0 Å². The monoisotopic (exact) mass is 253 g/mol. The molecule has 0 bridgehead atoms. The smallest absolute Gasteiger partial charge is 0.315 e. The Kier molecular flexibility index (Phi) is 6.55. The summed E-state index contributed by atoms with van der Waals surface area (Å²) in [5.41, 5.74) is 0. The van der Waals surface area contributed by atoms with E-state index in [0.29, 0.717) is 6.54 Å². The van der Waals surface area contributed by atoms with E-state index in [0.717, 1.165) is 19.0 Å². The average Bonchev–Trinajstić information content (AvgIpc) is 2.36. The van der Waals surface area contributed by atoms with Gasteiger partial charge in [-0.1, -0.05) is 12.8 Å². The Balaban J connectivity index is 2.12. The number of terminal acetylenes is 1. The number of urea groups is 1. The molecule has 0 spiro atoms. The Morgan fingerprint density at radius 2 is 2.17 bits per heavy atom. The van der Waals surface area contributed by atoms with Crippen LogP contribution in [0.3, 0.4) is 0 Å². The average molecular weight is 253 g/mol. The molecule has 3 N–H and O–H groups in total. The van der Waals surface area contributed by atoms with E-state index >= 15 is 0 Å². The molecule has 18 heavy (non-hydrogen) atoms. The van der Waals surface area contributed by atoms with E-state index < -0.39 is 6.10 Å². The lowest BCUT2D eigenvalue weighted by molar-refractivity contribution is 0.0920. The number of carbonyl (C=O) groups is 1. The molecule has 1 heterocycles. The van der Waals surface area contributed by atoms with Crippen molar-refractivity contribution in [2.24, 2.45) is 5.92 Å². The summed E-state index contributed by atoms with van der Waals surface area (Å²) in [7, 11) is 0. The van der Waals surface area contributed by atoms with Crippen molar-refractivity contribution in [2.45, 2.75) is 25.9 Å². The number of hydrogen-bond donors (Lipinski definition) is 3. The van der Waals surface area contributed by atoms with E-state index in [9.17, 15) is 9.90 Å². The van der Waals surface area contributed by atoms with Crippen LogP contribution in [0.15, 0.2) is 0 Å². The predicted octanol–water partition coefficient (Wildman–Crippen LogP) is 0.0116. The van der Waals surface area contributed by atoms with Gasteiger partial charge in [0.25, 0.3) is 0 Å². The van der Waals surface area contributed by atoms with Gasteiger partial charge in [0.05, 0.1) is 12.6 Å². The molecule has 0 radical (unpaired) electrons. The molecule has 0 aromatic rings. The normalized spacial score (nSPS) is 18.9. The number of likely N-dealkylation sites (tertiary alicyclic amines) is 1. The maximum absolute atomic E-state index is 11.2. The molecule has 2 amide bonds. The first-order chi connectivity index (χ1) is 8.61. The highest BCUT2D eigenvalue weighted by Crippen LogP contribution is 2.15. The number of amides is 2. The summed E-state index contributed by atoms with van der Waals surface area (Å²) in [4.78, 5) is 13.4. The van der Waals surface area contributed by atoms with Gasteiger partial charge in [0.15, 0.2) is 0 Å². The van der Waals surface area contributed by atoms with Crippen molar-refractivity contribution >= 4 is 6.03 Å². The van der Waals surface area contributed by atoms with Gasteiger partial charge >= 0.3 is 6.03 Å². The topological polar surface area (TPSA) is 64.6 Å². The molecular formula is C13H23N3O2. The SMILES string of the molecule is C#CCNC(=O)NC[C@H](O)CN1CCC(C)CC1. The third-order valence-corrected chi connectivity index (χ3v) is 3.19. The quantitative estimate of drug-likeness (QED) is 0.605. The largest absolute Gasteiger partial charge is 0.390 e. The van der Waals surface area contributed by atoms with Gasteiger partial charge in [0.1, 0.15) is 0 Å². The first-order valence-electron chi connectivity index (χ1n) is 6.47. The first-order valence-corrected chi connectivity index (χ1v) is 6.47. The lowest BCUT2D eigenvalue weighted by Crippen LogP contribution is -2.45. The van der Waals surface area contributed by atoms with E-state index in [1.54, 1.807) is 0 Å². The lowest BCUT2D eigenvalue weighted by Gasteiger charge is -2.31. The summed E-state index contributed by atoms with van der Waals surface area (Å²) in [6.45, 7) is 5.38. The summed E-state index contributed by atoms with van der Waals surface area (Å²) in [5, 5.41) is 14.9. The molecule has 1 saturated heterocycles. The lowest BCUT2D eigenvalue weighted by atomic mass is 9.99. The number of piperidine rings is 1. The zero-order chi connectivity index (χ0) is 13.4. The minimum atomic E-state index is -0.532. The Morgan fingerprint density at radius 1 is 1.50 bits per heavy atom. The molecule has 0 aromatic heterocycles. The van der Waals surface area contributed by atoms with Crippen LogP contribution >= 0.6 is 0 Å². The van der Waals surface area contributed by atoms with Crippen LogP contribution in [0, 0.1) is 18.3 Å². The molecular weight excluding hydrogens is 230 g/mol. The number of β-amino-alcohol motifs (C(OH)–C–C–N with tert-alkyl or cyclic N) is 1. The molecule has 5 nitrogen and oxygen atoms in total. The highest BCUT2D eigenvalue weighted by molar-refractivity contribution is 5.74. The number of rotatable bonds is 5. The highest BCUT2D eigenvalue weighted by Gasteiger charge is 2.18. The molecule has 102 valence electrons. The number of hydrogen-bond acceptors (Lipinski definition) is 3. The van der Waals surface area contributed by atoms with Crippen LogP contribution in [0.25, 0.3) is 0 Å². The maximum Gasteiger partial charge on any atom is 0.315 e. The van der Waals surface area contributed by atoms with E-state index in [2.05, 4.69) is 28.4 Å². The summed E-state index contributed by atoms with van der Waals surface area (Å²) in [5.74, 6) is 3.10. The standard InChI is InChI=1S/C13H23N3O2/c1-3-6-14-13(18)15-9-12(17)10-16-7-4-11(2)5-8-16/h1,11-12,17H,4-10H2,2H3,(H2,14,15,18)/t12-/m0/s1. The Hall–Kier alpha value is -1.25.